The topological polar surface area (TPSA) is 33.0 Å². The van der Waals surface area contributed by atoms with E-state index in [1.165, 1.54) is 5.57 Å². The molecule has 3 heteroatoms. The molecule has 6 atom stereocenters. The van der Waals surface area contributed by atoms with E-state index in [0.29, 0.717) is 17.8 Å². The van der Waals surface area contributed by atoms with Gasteiger partial charge in [-0.15, -0.1) is 11.6 Å². The van der Waals surface area contributed by atoms with Gasteiger partial charge in [0.15, 0.2) is 0 Å². The molecule has 24 heavy (non-hydrogen) atoms. The lowest BCUT2D eigenvalue weighted by Crippen LogP contribution is -2.57. The molecule has 2 fully saturated rings. The first-order valence-corrected chi connectivity index (χ1v) is 9.98. The van der Waals surface area contributed by atoms with Crippen LogP contribution in [0.2, 0.25) is 0 Å². The Labute approximate surface area is 152 Å². The molecular weight excluding hydrogens is 318 g/mol. The summed E-state index contributed by atoms with van der Waals surface area (Å²) in [6.45, 7) is 11.0. The quantitative estimate of drug-likeness (QED) is 0.439. The number of halogens is 1. The van der Waals surface area contributed by atoms with Gasteiger partial charge in [0.1, 0.15) is 0 Å². The largest absolute Gasteiger partial charge is 0.368 e. The van der Waals surface area contributed by atoms with Gasteiger partial charge in [-0.05, 0) is 90.9 Å². The third kappa shape index (κ3) is 2.93. The highest BCUT2D eigenvalue weighted by Crippen LogP contribution is 2.57. The Morgan fingerprint density at radius 3 is 2.46 bits per heavy atom. The van der Waals surface area contributed by atoms with Gasteiger partial charge in [-0.1, -0.05) is 11.6 Å². The van der Waals surface area contributed by atoms with Crippen LogP contribution in [0.15, 0.2) is 11.6 Å². The predicted molar refractivity (Wildman–Crippen MR) is 98.9 cm³/mol. The second-order valence-corrected chi connectivity index (χ2v) is 9.96. The number of hydrogen-bond acceptors (Lipinski definition) is 2. The summed E-state index contributed by atoms with van der Waals surface area (Å²) < 4.78 is 6.65. The maximum Gasteiger partial charge on any atom is 0.0796 e. The van der Waals surface area contributed by atoms with Crippen molar-refractivity contribution in [3.05, 3.63) is 11.6 Å². The van der Waals surface area contributed by atoms with Gasteiger partial charge in [0.25, 0.3) is 0 Å². The van der Waals surface area contributed by atoms with Crippen LogP contribution in [0, 0.1) is 34.5 Å². The first-order valence-electron chi connectivity index (χ1n) is 9.54. The SMILES string of the molecule is CC1=C[C@H]2[C@@H](CC1)[C@@](C)(C#N)CC[C@@H]2[C@@]1(C)CC[C@H](Cl)C(C)(C)O1. The molecule has 0 radical (unpaired) electrons. The molecule has 0 bridgehead atoms. The number of allylic oxidation sites excluding steroid dienone is 2. The summed E-state index contributed by atoms with van der Waals surface area (Å²) in [5.74, 6) is 1.41. The van der Waals surface area contributed by atoms with Crippen molar-refractivity contribution >= 4 is 11.6 Å². The predicted octanol–water partition coefficient (Wildman–Crippen LogP) is 5.85. The Hall–Kier alpha value is -0.520. The van der Waals surface area contributed by atoms with Crippen molar-refractivity contribution in [2.45, 2.75) is 89.7 Å². The van der Waals surface area contributed by atoms with Crippen LogP contribution >= 0.6 is 11.6 Å². The first kappa shape index (κ1) is 18.3. The lowest BCUT2D eigenvalue weighted by Gasteiger charge is -2.56. The number of ether oxygens (including phenoxy) is 1. The van der Waals surface area contributed by atoms with Crippen molar-refractivity contribution in [3.63, 3.8) is 0 Å². The Kier molecular flexibility index (Phi) is 4.59. The Balaban J connectivity index is 1.94. The van der Waals surface area contributed by atoms with E-state index >= 15 is 0 Å². The minimum absolute atomic E-state index is 0.0815. The fraction of sp³-hybridized carbons (Fsp3) is 0.857. The van der Waals surface area contributed by atoms with Crippen LogP contribution in [0.4, 0.5) is 0 Å². The van der Waals surface area contributed by atoms with Crippen LogP contribution in [0.5, 0.6) is 0 Å². The van der Waals surface area contributed by atoms with Gasteiger partial charge in [0.2, 0.25) is 0 Å². The maximum atomic E-state index is 9.81. The smallest absolute Gasteiger partial charge is 0.0796 e. The molecule has 1 aliphatic heterocycles. The van der Waals surface area contributed by atoms with Gasteiger partial charge < -0.3 is 4.74 Å². The van der Waals surface area contributed by atoms with Gasteiger partial charge in [-0.3, -0.25) is 0 Å². The Morgan fingerprint density at radius 1 is 1.12 bits per heavy atom. The summed E-state index contributed by atoms with van der Waals surface area (Å²) >= 11 is 6.52. The van der Waals surface area contributed by atoms with Gasteiger partial charge in [0.05, 0.1) is 28.1 Å². The zero-order valence-electron chi connectivity index (χ0n) is 15.9. The van der Waals surface area contributed by atoms with E-state index in [0.717, 1.165) is 38.5 Å². The number of fused-ring (bicyclic) bond motifs is 1. The number of hydrogen-bond donors (Lipinski definition) is 0. The molecule has 0 aromatic carbocycles. The van der Waals surface area contributed by atoms with E-state index in [-0.39, 0.29) is 22.0 Å². The van der Waals surface area contributed by atoms with E-state index in [1.54, 1.807) is 0 Å². The molecule has 1 saturated carbocycles. The van der Waals surface area contributed by atoms with E-state index < -0.39 is 0 Å². The van der Waals surface area contributed by atoms with Crippen molar-refractivity contribution in [1.29, 1.82) is 5.26 Å². The Bertz CT molecular complexity index is 577. The minimum Gasteiger partial charge on any atom is -0.368 e. The molecule has 3 rings (SSSR count). The van der Waals surface area contributed by atoms with Crippen LogP contribution in [0.1, 0.15) is 73.1 Å². The zero-order valence-corrected chi connectivity index (χ0v) is 16.6. The molecular formula is C21H32ClNO. The van der Waals surface area contributed by atoms with Crippen LogP contribution < -0.4 is 0 Å². The second kappa shape index (κ2) is 6.03. The van der Waals surface area contributed by atoms with Gasteiger partial charge in [-0.2, -0.15) is 5.26 Å². The van der Waals surface area contributed by atoms with Gasteiger partial charge in [0, 0.05) is 0 Å². The highest BCUT2D eigenvalue weighted by molar-refractivity contribution is 6.21. The zero-order chi connectivity index (χ0) is 17.8. The minimum atomic E-state index is -0.284. The summed E-state index contributed by atoms with van der Waals surface area (Å²) in [5, 5.41) is 9.90. The van der Waals surface area contributed by atoms with Crippen LogP contribution in [0.3, 0.4) is 0 Å². The molecule has 3 aliphatic rings. The van der Waals surface area contributed by atoms with Gasteiger partial charge in [-0.25, -0.2) is 0 Å². The molecule has 2 nitrogen and oxygen atoms in total. The molecule has 0 amide bonds. The number of nitriles is 1. The highest BCUT2D eigenvalue weighted by atomic mass is 35.5. The fourth-order valence-corrected chi connectivity index (χ4v) is 5.82. The van der Waals surface area contributed by atoms with Crippen molar-refractivity contribution in [2.24, 2.45) is 23.2 Å². The molecule has 134 valence electrons. The molecule has 1 saturated heterocycles. The molecule has 0 aromatic rings. The third-order valence-corrected chi connectivity index (χ3v) is 7.98. The standard InChI is InChI=1S/C21H32ClNO/c1-14-6-7-16-15(12-14)17(8-10-20(16,4)13-23)21(5)11-9-18(22)19(2,3)24-21/h12,15-18H,6-11H2,1-5H3/t15-,16+,17-,18-,20+,21+/m0/s1. The highest BCUT2D eigenvalue weighted by Gasteiger charge is 2.55. The summed E-state index contributed by atoms with van der Waals surface area (Å²) in [6.07, 6.45) is 8.86. The van der Waals surface area contributed by atoms with Crippen LogP contribution in [0.25, 0.3) is 0 Å². The van der Waals surface area contributed by atoms with Crippen molar-refractivity contribution in [3.8, 4) is 6.07 Å². The fourth-order valence-electron chi connectivity index (χ4n) is 5.67. The van der Waals surface area contributed by atoms with E-state index in [1.807, 2.05) is 0 Å². The normalized spacial score (nSPS) is 48.1. The lowest BCUT2D eigenvalue weighted by molar-refractivity contribution is -0.206. The van der Waals surface area contributed by atoms with E-state index in [4.69, 9.17) is 16.3 Å². The molecule has 0 aromatic heterocycles. The summed E-state index contributed by atoms with van der Waals surface area (Å²) in [5.41, 5.74) is 0.877. The average Bonchev–Trinajstić information content (AvgIpc) is 2.51. The Morgan fingerprint density at radius 2 is 1.83 bits per heavy atom. The first-order chi connectivity index (χ1) is 11.1. The number of rotatable bonds is 1. The van der Waals surface area contributed by atoms with Crippen molar-refractivity contribution in [2.75, 3.05) is 0 Å². The molecule has 1 heterocycles. The third-order valence-electron chi connectivity index (χ3n) is 7.23. The number of nitrogens with zero attached hydrogens (tertiary/aromatic N) is 1. The van der Waals surface area contributed by atoms with Crippen LogP contribution in [-0.2, 0) is 4.74 Å². The van der Waals surface area contributed by atoms with E-state index in [2.05, 4.69) is 46.8 Å². The monoisotopic (exact) mass is 349 g/mol. The van der Waals surface area contributed by atoms with Gasteiger partial charge >= 0.3 is 0 Å². The van der Waals surface area contributed by atoms with Crippen molar-refractivity contribution in [1.82, 2.24) is 0 Å². The lowest BCUT2D eigenvalue weighted by atomic mass is 9.53. The average molecular weight is 350 g/mol. The molecule has 2 aliphatic carbocycles. The molecule has 0 spiro atoms. The molecule has 0 N–H and O–H groups in total. The summed E-state index contributed by atoms with van der Waals surface area (Å²) in [6, 6.07) is 2.66. The summed E-state index contributed by atoms with van der Waals surface area (Å²) in [7, 11) is 0. The van der Waals surface area contributed by atoms with Crippen LogP contribution in [-0.4, -0.2) is 16.6 Å². The second-order valence-electron chi connectivity index (χ2n) is 9.43. The maximum absolute atomic E-state index is 9.81. The summed E-state index contributed by atoms with van der Waals surface area (Å²) in [4.78, 5) is 0. The van der Waals surface area contributed by atoms with Crippen molar-refractivity contribution < 1.29 is 4.74 Å². The number of alkyl halides is 1. The molecule has 0 unspecified atom stereocenters. The van der Waals surface area contributed by atoms with E-state index in [9.17, 15) is 5.26 Å².